The Hall–Kier alpha value is -2.84. The van der Waals surface area contributed by atoms with Gasteiger partial charge in [-0.05, 0) is 64.7 Å². The van der Waals surface area contributed by atoms with E-state index in [4.69, 9.17) is 15.2 Å². The molecule has 0 heterocycles. The number of esters is 1. The lowest BCUT2D eigenvalue weighted by atomic mass is 10.1. The molecule has 160 valence electrons. The van der Waals surface area contributed by atoms with E-state index in [1.807, 2.05) is 0 Å². The number of rotatable bonds is 5. The van der Waals surface area contributed by atoms with E-state index in [0.29, 0.717) is 17.5 Å². The van der Waals surface area contributed by atoms with Crippen molar-refractivity contribution in [2.75, 3.05) is 17.7 Å². The number of hydrogen-bond acceptors (Lipinski definition) is 6. The van der Waals surface area contributed by atoms with Crippen molar-refractivity contribution in [2.24, 2.45) is 5.92 Å². The number of nitrogen functional groups attached to an aromatic ring is 1. The molecule has 4 N–H and O–H groups in total. The van der Waals surface area contributed by atoms with Crippen LogP contribution in [0.2, 0.25) is 0 Å². The molecule has 2 amide bonds. The van der Waals surface area contributed by atoms with Crippen molar-refractivity contribution in [3.05, 3.63) is 23.0 Å². The average Bonchev–Trinajstić information content (AvgIpc) is 3.02. The van der Waals surface area contributed by atoms with Crippen molar-refractivity contribution in [3.63, 3.8) is 0 Å². The molecule has 0 saturated carbocycles. The van der Waals surface area contributed by atoms with Crippen molar-refractivity contribution in [2.45, 2.75) is 59.1 Å². The lowest BCUT2D eigenvalue weighted by molar-refractivity contribution is -0.147. The van der Waals surface area contributed by atoms with Crippen LogP contribution in [0.25, 0.3) is 0 Å². The zero-order chi connectivity index (χ0) is 21.9. The Bertz CT molecular complexity index is 819. The van der Waals surface area contributed by atoms with E-state index in [1.165, 1.54) is 6.92 Å². The first-order valence-electron chi connectivity index (χ1n) is 9.49. The molecule has 0 bridgehead atoms. The van der Waals surface area contributed by atoms with Gasteiger partial charge in [-0.25, -0.2) is 9.18 Å². The fourth-order valence-electron chi connectivity index (χ4n) is 3.07. The number of hydrogen-bond donors (Lipinski definition) is 3. The molecule has 2 rings (SSSR count). The smallest absolute Gasteiger partial charge is 0.408 e. The van der Waals surface area contributed by atoms with Gasteiger partial charge in [0.15, 0.2) is 5.82 Å². The molecule has 0 spiro atoms. The van der Waals surface area contributed by atoms with Crippen LogP contribution in [0.3, 0.4) is 0 Å². The molecule has 1 aliphatic rings. The Kier molecular flexibility index (Phi) is 6.71. The fourth-order valence-corrected chi connectivity index (χ4v) is 3.07. The topological polar surface area (TPSA) is 120 Å². The summed E-state index contributed by atoms with van der Waals surface area (Å²) in [6.07, 6.45) is -0.236. The van der Waals surface area contributed by atoms with Gasteiger partial charge in [0.25, 0.3) is 0 Å². The number of amides is 2. The minimum Gasteiger partial charge on any atom is -0.466 e. The van der Waals surface area contributed by atoms with Crippen LogP contribution in [-0.4, -0.2) is 36.2 Å². The third-order valence-electron chi connectivity index (χ3n) is 4.42. The number of carbonyl (C=O) groups excluding carboxylic acids is 3. The lowest BCUT2D eigenvalue weighted by Crippen LogP contribution is -2.44. The second-order valence-electron chi connectivity index (χ2n) is 8.00. The fraction of sp³-hybridized carbons (Fsp3) is 0.550. The number of fused-ring (bicyclic) bond motifs is 1. The first kappa shape index (κ1) is 22.4. The molecule has 0 fully saturated rings. The summed E-state index contributed by atoms with van der Waals surface area (Å²) in [7, 11) is 0. The molecule has 0 aliphatic heterocycles. The third kappa shape index (κ3) is 5.58. The summed E-state index contributed by atoms with van der Waals surface area (Å²) in [5.41, 5.74) is 5.98. The SMILES string of the molecule is CCOC(=O)C1Cc2cc(NC(=O)[C@@H](C)NC(=O)OC(C)(C)C)c(N)c(F)c2C1. The molecular formula is C20H28FN3O5. The minimum absolute atomic E-state index is 0.0913. The summed E-state index contributed by atoms with van der Waals surface area (Å²) in [5.74, 6) is -2.10. The van der Waals surface area contributed by atoms with Crippen LogP contribution in [0.5, 0.6) is 0 Å². The molecular weight excluding hydrogens is 381 g/mol. The summed E-state index contributed by atoms with van der Waals surface area (Å²) in [5, 5.41) is 4.94. The number of alkyl carbamates (subject to hydrolysis) is 1. The van der Waals surface area contributed by atoms with Crippen LogP contribution in [0.1, 0.15) is 45.7 Å². The summed E-state index contributed by atoms with van der Waals surface area (Å²) in [6, 6.07) is 0.623. The maximum atomic E-state index is 14.7. The Morgan fingerprint density at radius 3 is 2.55 bits per heavy atom. The van der Waals surface area contributed by atoms with E-state index in [-0.39, 0.29) is 30.4 Å². The maximum absolute atomic E-state index is 14.7. The van der Waals surface area contributed by atoms with E-state index in [2.05, 4.69) is 10.6 Å². The highest BCUT2D eigenvalue weighted by Gasteiger charge is 2.33. The summed E-state index contributed by atoms with van der Waals surface area (Å²) >= 11 is 0. The lowest BCUT2D eigenvalue weighted by Gasteiger charge is -2.22. The number of carbonyl (C=O) groups is 3. The molecule has 8 nitrogen and oxygen atoms in total. The van der Waals surface area contributed by atoms with E-state index in [0.717, 1.165) is 0 Å². The molecule has 29 heavy (non-hydrogen) atoms. The molecule has 0 saturated heterocycles. The zero-order valence-corrected chi connectivity index (χ0v) is 17.3. The Morgan fingerprint density at radius 1 is 1.31 bits per heavy atom. The molecule has 1 aliphatic carbocycles. The number of nitrogens with two attached hydrogens (primary N) is 1. The van der Waals surface area contributed by atoms with Gasteiger partial charge in [-0.1, -0.05) is 0 Å². The molecule has 2 atom stereocenters. The molecule has 1 unspecified atom stereocenters. The predicted octanol–water partition coefficient (Wildman–Crippen LogP) is 2.54. The second kappa shape index (κ2) is 8.67. The highest BCUT2D eigenvalue weighted by molar-refractivity contribution is 5.98. The summed E-state index contributed by atoms with van der Waals surface area (Å²) in [6.45, 7) is 8.54. The second-order valence-corrected chi connectivity index (χ2v) is 8.00. The standard InChI is InChI=1S/C20H28FN3O5/c1-6-28-18(26)12-7-11-9-14(16(22)15(21)13(11)8-12)24-17(25)10(2)23-19(27)29-20(3,4)5/h9-10,12H,6-8,22H2,1-5H3,(H,23,27)(H,24,25)/t10-,12?/m1/s1. The molecule has 0 radical (unpaired) electrons. The van der Waals surface area contributed by atoms with Crippen molar-refractivity contribution >= 4 is 29.3 Å². The van der Waals surface area contributed by atoms with Gasteiger partial charge in [0.1, 0.15) is 11.6 Å². The highest BCUT2D eigenvalue weighted by atomic mass is 19.1. The van der Waals surface area contributed by atoms with Crippen LogP contribution in [0.15, 0.2) is 6.07 Å². The predicted molar refractivity (Wildman–Crippen MR) is 106 cm³/mol. The molecule has 1 aromatic rings. The van der Waals surface area contributed by atoms with Gasteiger partial charge in [-0.3, -0.25) is 9.59 Å². The van der Waals surface area contributed by atoms with Crippen LogP contribution >= 0.6 is 0 Å². The Morgan fingerprint density at radius 2 is 1.97 bits per heavy atom. The maximum Gasteiger partial charge on any atom is 0.408 e. The number of nitrogens with one attached hydrogen (secondary N) is 2. The van der Waals surface area contributed by atoms with Crippen molar-refractivity contribution < 1.29 is 28.2 Å². The van der Waals surface area contributed by atoms with E-state index in [1.54, 1.807) is 33.8 Å². The van der Waals surface area contributed by atoms with Gasteiger partial charge in [0.2, 0.25) is 5.91 Å². The molecule has 1 aromatic carbocycles. The third-order valence-corrected chi connectivity index (χ3v) is 4.42. The van der Waals surface area contributed by atoms with Crippen LogP contribution in [0.4, 0.5) is 20.6 Å². The Balaban J connectivity index is 2.10. The van der Waals surface area contributed by atoms with E-state index in [9.17, 15) is 18.8 Å². The normalized spacial score (nSPS) is 16.6. The first-order chi connectivity index (χ1) is 13.4. The monoisotopic (exact) mass is 409 g/mol. The molecule has 9 heteroatoms. The van der Waals surface area contributed by atoms with E-state index < -0.39 is 35.4 Å². The number of ether oxygens (including phenoxy) is 2. The average molecular weight is 409 g/mol. The summed E-state index contributed by atoms with van der Waals surface area (Å²) < 4.78 is 24.8. The molecule has 0 aromatic heterocycles. The van der Waals surface area contributed by atoms with E-state index >= 15 is 0 Å². The highest BCUT2D eigenvalue weighted by Crippen LogP contribution is 2.36. The van der Waals surface area contributed by atoms with Crippen LogP contribution in [0, 0.1) is 11.7 Å². The number of anilines is 2. The van der Waals surface area contributed by atoms with Gasteiger partial charge in [-0.15, -0.1) is 0 Å². The first-order valence-corrected chi connectivity index (χ1v) is 9.49. The van der Waals surface area contributed by atoms with Gasteiger partial charge in [0, 0.05) is 0 Å². The minimum atomic E-state index is -0.937. The quantitative estimate of drug-likeness (QED) is 0.508. The number of benzene rings is 1. The van der Waals surface area contributed by atoms with Gasteiger partial charge >= 0.3 is 12.1 Å². The van der Waals surface area contributed by atoms with Gasteiger partial charge in [0.05, 0.1) is 23.9 Å². The van der Waals surface area contributed by atoms with Crippen LogP contribution in [-0.2, 0) is 31.9 Å². The largest absolute Gasteiger partial charge is 0.466 e. The zero-order valence-electron chi connectivity index (χ0n) is 17.3. The van der Waals surface area contributed by atoms with Crippen molar-refractivity contribution in [1.82, 2.24) is 5.32 Å². The van der Waals surface area contributed by atoms with Crippen molar-refractivity contribution in [3.8, 4) is 0 Å². The summed E-state index contributed by atoms with van der Waals surface area (Å²) in [4.78, 5) is 36.2. The van der Waals surface area contributed by atoms with Crippen LogP contribution < -0.4 is 16.4 Å². The Labute approximate surface area is 169 Å². The van der Waals surface area contributed by atoms with Crippen molar-refractivity contribution in [1.29, 1.82) is 0 Å². The van der Waals surface area contributed by atoms with Gasteiger partial charge < -0.3 is 25.8 Å². The van der Waals surface area contributed by atoms with Gasteiger partial charge in [-0.2, -0.15) is 0 Å². The number of halogens is 1.